The van der Waals surface area contributed by atoms with Crippen molar-refractivity contribution in [1.82, 2.24) is 4.90 Å². The van der Waals surface area contributed by atoms with Crippen molar-refractivity contribution in [3.63, 3.8) is 0 Å². The fraction of sp³-hybridized carbons (Fsp3) is 0.667. The standard InChI is InChI=1S/C18H30N2O/c1-20(2)18(12-8-4-5-9-13-18)17(19)14-15-10-6-7-11-16(15)21-3/h6-7,10-11,17H,4-5,8-9,12-14,19H2,1-3H3. The lowest BCUT2D eigenvalue weighted by atomic mass is 9.79. The molecule has 1 aliphatic carbocycles. The van der Waals surface area contributed by atoms with E-state index in [0.717, 1.165) is 12.2 Å². The molecule has 1 unspecified atom stereocenters. The van der Waals surface area contributed by atoms with Crippen molar-refractivity contribution in [1.29, 1.82) is 0 Å². The Bertz CT molecular complexity index is 437. The number of likely N-dealkylation sites (N-methyl/N-ethyl adjacent to an activating group) is 1. The Morgan fingerprint density at radius 1 is 1.14 bits per heavy atom. The van der Waals surface area contributed by atoms with Gasteiger partial charge in [0.25, 0.3) is 0 Å². The average molecular weight is 290 g/mol. The summed E-state index contributed by atoms with van der Waals surface area (Å²) in [6.45, 7) is 0. The number of hydrogen-bond donors (Lipinski definition) is 1. The summed E-state index contributed by atoms with van der Waals surface area (Å²) in [4.78, 5) is 2.37. The highest BCUT2D eigenvalue weighted by Gasteiger charge is 2.39. The molecule has 0 aliphatic heterocycles. The van der Waals surface area contributed by atoms with Crippen molar-refractivity contribution in [3.8, 4) is 5.75 Å². The molecule has 118 valence electrons. The molecule has 21 heavy (non-hydrogen) atoms. The number of para-hydroxylation sites is 1. The number of nitrogens with two attached hydrogens (primary N) is 1. The molecule has 0 saturated heterocycles. The maximum Gasteiger partial charge on any atom is 0.122 e. The quantitative estimate of drug-likeness (QED) is 0.846. The van der Waals surface area contributed by atoms with Crippen molar-refractivity contribution in [2.45, 2.75) is 56.5 Å². The molecule has 0 heterocycles. The second-order valence-electron chi connectivity index (χ2n) is 6.53. The largest absolute Gasteiger partial charge is 0.496 e. The van der Waals surface area contributed by atoms with Gasteiger partial charge in [-0.25, -0.2) is 0 Å². The molecule has 2 rings (SSSR count). The zero-order valence-electron chi connectivity index (χ0n) is 13.8. The summed E-state index contributed by atoms with van der Waals surface area (Å²) < 4.78 is 5.48. The van der Waals surface area contributed by atoms with E-state index in [4.69, 9.17) is 10.5 Å². The minimum Gasteiger partial charge on any atom is -0.496 e. The van der Waals surface area contributed by atoms with Gasteiger partial charge >= 0.3 is 0 Å². The minimum atomic E-state index is 0.122. The third kappa shape index (κ3) is 3.58. The van der Waals surface area contributed by atoms with E-state index in [-0.39, 0.29) is 11.6 Å². The van der Waals surface area contributed by atoms with Crippen LogP contribution >= 0.6 is 0 Å². The summed E-state index contributed by atoms with van der Waals surface area (Å²) >= 11 is 0. The molecule has 1 atom stereocenters. The molecule has 1 saturated carbocycles. The van der Waals surface area contributed by atoms with Gasteiger partial charge in [0.05, 0.1) is 7.11 Å². The Morgan fingerprint density at radius 2 is 1.76 bits per heavy atom. The van der Waals surface area contributed by atoms with Gasteiger partial charge in [0.15, 0.2) is 0 Å². The van der Waals surface area contributed by atoms with Crippen LogP contribution in [0.4, 0.5) is 0 Å². The SMILES string of the molecule is COc1ccccc1CC(N)C1(N(C)C)CCCCCC1. The molecule has 3 heteroatoms. The van der Waals surface area contributed by atoms with Crippen molar-refractivity contribution in [3.05, 3.63) is 29.8 Å². The smallest absolute Gasteiger partial charge is 0.122 e. The van der Waals surface area contributed by atoms with E-state index in [9.17, 15) is 0 Å². The second kappa shape index (κ2) is 7.28. The van der Waals surface area contributed by atoms with Crippen LogP contribution in [0.5, 0.6) is 5.75 Å². The molecule has 1 fully saturated rings. The van der Waals surface area contributed by atoms with Gasteiger partial charge in [-0.3, -0.25) is 0 Å². The minimum absolute atomic E-state index is 0.122. The number of nitrogens with zero attached hydrogens (tertiary/aromatic N) is 1. The fourth-order valence-corrected chi connectivity index (χ4v) is 3.79. The van der Waals surface area contributed by atoms with E-state index in [2.05, 4.69) is 31.1 Å². The number of hydrogen-bond acceptors (Lipinski definition) is 3. The second-order valence-corrected chi connectivity index (χ2v) is 6.53. The maximum atomic E-state index is 6.71. The normalized spacial score (nSPS) is 20.0. The number of rotatable bonds is 5. The molecule has 2 N–H and O–H groups in total. The predicted molar refractivity (Wildman–Crippen MR) is 88.8 cm³/mol. The molecule has 0 amide bonds. The van der Waals surface area contributed by atoms with Gasteiger partial charge in [0, 0.05) is 11.6 Å². The van der Waals surface area contributed by atoms with E-state index in [1.165, 1.54) is 44.1 Å². The monoisotopic (exact) mass is 290 g/mol. The molecular weight excluding hydrogens is 260 g/mol. The van der Waals surface area contributed by atoms with Crippen LogP contribution in [0, 0.1) is 0 Å². The number of benzene rings is 1. The Hall–Kier alpha value is -1.06. The summed E-state index contributed by atoms with van der Waals surface area (Å²) in [6.07, 6.45) is 8.55. The van der Waals surface area contributed by atoms with E-state index in [1.54, 1.807) is 7.11 Å². The predicted octanol–water partition coefficient (Wildman–Crippen LogP) is 3.22. The van der Waals surface area contributed by atoms with Crippen LogP contribution in [0.1, 0.15) is 44.1 Å². The summed E-state index contributed by atoms with van der Waals surface area (Å²) in [6, 6.07) is 8.39. The highest BCUT2D eigenvalue weighted by atomic mass is 16.5. The maximum absolute atomic E-state index is 6.71. The molecule has 3 nitrogen and oxygen atoms in total. The molecule has 1 aromatic carbocycles. The molecule has 0 spiro atoms. The van der Waals surface area contributed by atoms with Gasteiger partial charge in [-0.15, -0.1) is 0 Å². The van der Waals surface area contributed by atoms with Crippen molar-refractivity contribution in [2.24, 2.45) is 5.73 Å². The van der Waals surface area contributed by atoms with E-state index < -0.39 is 0 Å². The molecular formula is C18H30N2O. The molecule has 1 aromatic rings. The van der Waals surface area contributed by atoms with Gasteiger partial charge in [-0.2, -0.15) is 0 Å². The molecule has 1 aliphatic rings. The fourth-order valence-electron chi connectivity index (χ4n) is 3.79. The highest BCUT2D eigenvalue weighted by molar-refractivity contribution is 5.34. The first-order valence-electron chi connectivity index (χ1n) is 8.15. The first-order chi connectivity index (χ1) is 10.1. The van der Waals surface area contributed by atoms with Crippen molar-refractivity contribution < 1.29 is 4.74 Å². The lowest BCUT2D eigenvalue weighted by Crippen LogP contribution is -2.58. The van der Waals surface area contributed by atoms with E-state index in [1.807, 2.05) is 12.1 Å². The van der Waals surface area contributed by atoms with Crippen LogP contribution in [0.3, 0.4) is 0 Å². The van der Waals surface area contributed by atoms with Crippen LogP contribution < -0.4 is 10.5 Å². The summed E-state index contributed by atoms with van der Waals surface area (Å²) in [5.74, 6) is 0.954. The van der Waals surface area contributed by atoms with Crippen LogP contribution in [0.15, 0.2) is 24.3 Å². The van der Waals surface area contributed by atoms with Crippen LogP contribution in [0.2, 0.25) is 0 Å². The summed E-state index contributed by atoms with van der Waals surface area (Å²) in [7, 11) is 6.11. The third-order valence-electron chi connectivity index (χ3n) is 5.18. The van der Waals surface area contributed by atoms with Gasteiger partial charge in [0.2, 0.25) is 0 Å². The van der Waals surface area contributed by atoms with Crippen molar-refractivity contribution in [2.75, 3.05) is 21.2 Å². The van der Waals surface area contributed by atoms with Crippen LogP contribution in [0.25, 0.3) is 0 Å². The Morgan fingerprint density at radius 3 is 2.33 bits per heavy atom. The van der Waals surface area contributed by atoms with Crippen LogP contribution in [-0.2, 0) is 6.42 Å². The van der Waals surface area contributed by atoms with Gasteiger partial charge in [-0.1, -0.05) is 43.9 Å². The van der Waals surface area contributed by atoms with Gasteiger partial charge in [-0.05, 0) is 45.0 Å². The number of methoxy groups -OCH3 is 1. The molecule has 0 aromatic heterocycles. The number of ether oxygens (including phenoxy) is 1. The zero-order valence-corrected chi connectivity index (χ0v) is 13.8. The lowest BCUT2D eigenvalue weighted by Gasteiger charge is -2.44. The first kappa shape index (κ1) is 16.3. The summed E-state index contributed by atoms with van der Waals surface area (Å²) in [5.41, 5.74) is 8.05. The van der Waals surface area contributed by atoms with Gasteiger partial charge < -0.3 is 15.4 Å². The zero-order chi connectivity index (χ0) is 15.3. The Balaban J connectivity index is 2.20. The molecule has 0 bridgehead atoms. The third-order valence-corrected chi connectivity index (χ3v) is 5.18. The van der Waals surface area contributed by atoms with E-state index in [0.29, 0.717) is 0 Å². The Kier molecular flexibility index (Phi) is 5.65. The summed E-state index contributed by atoms with van der Waals surface area (Å²) in [5, 5.41) is 0. The first-order valence-corrected chi connectivity index (χ1v) is 8.15. The van der Waals surface area contributed by atoms with Crippen LogP contribution in [-0.4, -0.2) is 37.7 Å². The lowest BCUT2D eigenvalue weighted by molar-refractivity contribution is 0.0965. The molecule has 0 radical (unpaired) electrons. The van der Waals surface area contributed by atoms with E-state index >= 15 is 0 Å². The van der Waals surface area contributed by atoms with Crippen molar-refractivity contribution >= 4 is 0 Å². The Labute approximate surface area is 129 Å². The highest BCUT2D eigenvalue weighted by Crippen LogP contribution is 2.35. The average Bonchev–Trinajstić information content (AvgIpc) is 2.74. The van der Waals surface area contributed by atoms with Gasteiger partial charge in [0.1, 0.15) is 5.75 Å². The topological polar surface area (TPSA) is 38.5 Å².